The first-order valence-corrected chi connectivity index (χ1v) is 7.88. The van der Waals surface area contributed by atoms with E-state index in [2.05, 4.69) is 13.8 Å². The van der Waals surface area contributed by atoms with E-state index in [0.717, 1.165) is 11.8 Å². The Kier molecular flexibility index (Phi) is 7.98. The van der Waals surface area contributed by atoms with E-state index in [-0.39, 0.29) is 0 Å². The van der Waals surface area contributed by atoms with Crippen LogP contribution in [0.15, 0.2) is 0 Å². The third kappa shape index (κ3) is 6.55. The summed E-state index contributed by atoms with van der Waals surface area (Å²) < 4.78 is 0. The monoisotopic (exact) mass is 224 g/mol. The van der Waals surface area contributed by atoms with Gasteiger partial charge in [-0.1, -0.05) is 84.5 Å². The summed E-state index contributed by atoms with van der Waals surface area (Å²) in [6.45, 7) is 4.60. The molecule has 1 aliphatic rings. The summed E-state index contributed by atoms with van der Waals surface area (Å²) in [4.78, 5) is 0. The van der Waals surface area contributed by atoms with Gasteiger partial charge in [-0.3, -0.25) is 0 Å². The summed E-state index contributed by atoms with van der Waals surface area (Å²) in [5.74, 6) is 2.28. The summed E-state index contributed by atoms with van der Waals surface area (Å²) in [7, 11) is 0. The van der Waals surface area contributed by atoms with Crippen molar-refractivity contribution < 1.29 is 0 Å². The molecule has 0 N–H and O–H groups in total. The standard InChI is InChI=1S/C16H32/c1-3-5-7-8-9-11-13-16-14-15(16)12-10-6-4-2/h15-16H,3-14H2,1-2H3. The molecule has 0 saturated heterocycles. The first-order chi connectivity index (χ1) is 7.88. The van der Waals surface area contributed by atoms with E-state index >= 15 is 0 Å². The Morgan fingerprint density at radius 1 is 0.625 bits per heavy atom. The van der Waals surface area contributed by atoms with Crippen molar-refractivity contribution in [2.45, 2.75) is 90.9 Å². The molecule has 0 heterocycles. The highest BCUT2D eigenvalue weighted by molar-refractivity contribution is 4.85. The Bertz CT molecular complexity index is 150. The summed E-state index contributed by atoms with van der Waals surface area (Å²) in [6, 6.07) is 0. The maximum absolute atomic E-state index is 2.31. The molecule has 0 aromatic heterocycles. The average Bonchev–Trinajstić information content (AvgIpc) is 3.03. The van der Waals surface area contributed by atoms with Gasteiger partial charge < -0.3 is 0 Å². The van der Waals surface area contributed by atoms with Crippen molar-refractivity contribution in [1.29, 1.82) is 0 Å². The quantitative estimate of drug-likeness (QED) is 0.380. The van der Waals surface area contributed by atoms with E-state index in [0.29, 0.717) is 0 Å². The minimum atomic E-state index is 1.14. The molecule has 16 heavy (non-hydrogen) atoms. The van der Waals surface area contributed by atoms with Crippen LogP contribution >= 0.6 is 0 Å². The molecular weight excluding hydrogens is 192 g/mol. The fraction of sp³-hybridized carbons (Fsp3) is 1.00. The lowest BCUT2D eigenvalue weighted by molar-refractivity contribution is 0.525. The number of unbranched alkanes of at least 4 members (excludes halogenated alkanes) is 7. The predicted octanol–water partition coefficient (Wildman–Crippen LogP) is 5.95. The lowest BCUT2D eigenvalue weighted by Gasteiger charge is -2.01. The van der Waals surface area contributed by atoms with Gasteiger partial charge in [0.2, 0.25) is 0 Å². The molecule has 0 bridgehead atoms. The van der Waals surface area contributed by atoms with Crippen molar-refractivity contribution in [2.24, 2.45) is 11.8 Å². The largest absolute Gasteiger partial charge is 0.0654 e. The first kappa shape index (κ1) is 14.1. The summed E-state index contributed by atoms with van der Waals surface area (Å²) in [5.41, 5.74) is 0. The molecule has 1 saturated carbocycles. The highest BCUT2D eigenvalue weighted by Gasteiger charge is 2.34. The second-order valence-corrected chi connectivity index (χ2v) is 5.81. The molecule has 0 heteroatoms. The lowest BCUT2D eigenvalue weighted by Crippen LogP contribution is -1.86. The Labute approximate surface area is 103 Å². The minimum Gasteiger partial charge on any atom is -0.0654 e. The fourth-order valence-corrected chi connectivity index (χ4v) is 2.86. The SMILES string of the molecule is CCCCCCCCC1CC1CCCCC. The van der Waals surface area contributed by atoms with Gasteiger partial charge in [0.25, 0.3) is 0 Å². The molecule has 2 atom stereocenters. The maximum atomic E-state index is 2.31. The number of rotatable bonds is 11. The van der Waals surface area contributed by atoms with Crippen molar-refractivity contribution in [2.75, 3.05) is 0 Å². The minimum absolute atomic E-state index is 1.14. The first-order valence-electron chi connectivity index (χ1n) is 7.88. The zero-order valence-electron chi connectivity index (χ0n) is 11.6. The van der Waals surface area contributed by atoms with Gasteiger partial charge >= 0.3 is 0 Å². The third-order valence-electron chi connectivity index (χ3n) is 4.18. The average molecular weight is 224 g/mol. The molecule has 0 aromatic carbocycles. The van der Waals surface area contributed by atoms with Gasteiger partial charge in [0.1, 0.15) is 0 Å². The van der Waals surface area contributed by atoms with Gasteiger partial charge in [-0.2, -0.15) is 0 Å². The van der Waals surface area contributed by atoms with E-state index < -0.39 is 0 Å². The molecule has 0 aliphatic heterocycles. The summed E-state index contributed by atoms with van der Waals surface area (Å²) in [5, 5.41) is 0. The van der Waals surface area contributed by atoms with Crippen LogP contribution in [0.2, 0.25) is 0 Å². The lowest BCUT2D eigenvalue weighted by atomic mass is 10.0. The van der Waals surface area contributed by atoms with E-state index in [9.17, 15) is 0 Å². The second kappa shape index (κ2) is 9.07. The van der Waals surface area contributed by atoms with Crippen LogP contribution in [0, 0.1) is 11.8 Å². The Hall–Kier alpha value is 0. The van der Waals surface area contributed by atoms with E-state index in [1.165, 1.54) is 64.2 Å². The maximum Gasteiger partial charge on any atom is -0.0383 e. The van der Waals surface area contributed by atoms with Crippen molar-refractivity contribution in [3.05, 3.63) is 0 Å². The molecule has 0 amide bonds. The van der Waals surface area contributed by atoms with Gasteiger partial charge in [-0.15, -0.1) is 0 Å². The summed E-state index contributed by atoms with van der Waals surface area (Å²) in [6.07, 6.45) is 17.8. The zero-order valence-corrected chi connectivity index (χ0v) is 11.6. The smallest absolute Gasteiger partial charge is 0.0383 e. The molecule has 1 aliphatic carbocycles. The van der Waals surface area contributed by atoms with Gasteiger partial charge in [0, 0.05) is 0 Å². The fourth-order valence-electron chi connectivity index (χ4n) is 2.86. The zero-order chi connectivity index (χ0) is 11.6. The van der Waals surface area contributed by atoms with Gasteiger partial charge in [-0.05, 0) is 18.3 Å². The molecular formula is C16H32. The predicted molar refractivity (Wildman–Crippen MR) is 73.7 cm³/mol. The van der Waals surface area contributed by atoms with Crippen LogP contribution in [0.4, 0.5) is 0 Å². The van der Waals surface area contributed by atoms with Crippen LogP contribution in [-0.2, 0) is 0 Å². The van der Waals surface area contributed by atoms with E-state index in [1.807, 2.05) is 0 Å². The van der Waals surface area contributed by atoms with Crippen LogP contribution in [-0.4, -0.2) is 0 Å². The van der Waals surface area contributed by atoms with E-state index in [4.69, 9.17) is 0 Å². The third-order valence-corrected chi connectivity index (χ3v) is 4.18. The van der Waals surface area contributed by atoms with Crippen molar-refractivity contribution in [1.82, 2.24) is 0 Å². The second-order valence-electron chi connectivity index (χ2n) is 5.81. The molecule has 0 radical (unpaired) electrons. The van der Waals surface area contributed by atoms with Crippen LogP contribution in [0.3, 0.4) is 0 Å². The van der Waals surface area contributed by atoms with Crippen LogP contribution < -0.4 is 0 Å². The van der Waals surface area contributed by atoms with Crippen molar-refractivity contribution in [3.8, 4) is 0 Å². The molecule has 0 aromatic rings. The molecule has 0 spiro atoms. The Morgan fingerprint density at radius 2 is 1.06 bits per heavy atom. The number of hydrogen-bond donors (Lipinski definition) is 0. The molecule has 0 nitrogen and oxygen atoms in total. The van der Waals surface area contributed by atoms with Gasteiger partial charge in [0.15, 0.2) is 0 Å². The normalized spacial score (nSPS) is 23.6. The van der Waals surface area contributed by atoms with E-state index in [1.54, 1.807) is 12.8 Å². The van der Waals surface area contributed by atoms with Crippen LogP contribution in [0.1, 0.15) is 90.9 Å². The van der Waals surface area contributed by atoms with Gasteiger partial charge in [0.05, 0.1) is 0 Å². The number of hydrogen-bond acceptors (Lipinski definition) is 0. The molecule has 1 rings (SSSR count). The Balaban J connectivity index is 1.78. The van der Waals surface area contributed by atoms with Crippen molar-refractivity contribution >= 4 is 0 Å². The van der Waals surface area contributed by atoms with Crippen molar-refractivity contribution in [3.63, 3.8) is 0 Å². The highest BCUT2D eigenvalue weighted by Crippen LogP contribution is 2.45. The molecule has 96 valence electrons. The van der Waals surface area contributed by atoms with Crippen LogP contribution in [0.5, 0.6) is 0 Å². The van der Waals surface area contributed by atoms with Crippen LogP contribution in [0.25, 0.3) is 0 Å². The molecule has 1 fully saturated rings. The molecule has 2 unspecified atom stereocenters. The summed E-state index contributed by atoms with van der Waals surface area (Å²) >= 11 is 0. The Morgan fingerprint density at radius 3 is 1.69 bits per heavy atom. The highest BCUT2D eigenvalue weighted by atomic mass is 14.4. The topological polar surface area (TPSA) is 0 Å². The van der Waals surface area contributed by atoms with Gasteiger partial charge in [-0.25, -0.2) is 0 Å².